The molecule has 1 fully saturated rings. The van der Waals surface area contributed by atoms with Gasteiger partial charge in [-0.1, -0.05) is 17.7 Å². The number of alkyl halides is 1. The normalized spacial score (nSPS) is 21.8. The zero-order chi connectivity index (χ0) is 18.1. The van der Waals surface area contributed by atoms with E-state index in [1.54, 1.807) is 32.9 Å². The number of carbonyl (C=O) groups excluding carboxylic acids is 1. The molecular formula is C16H22FNO5S. The molecule has 0 spiro atoms. The fourth-order valence-electron chi connectivity index (χ4n) is 2.22. The monoisotopic (exact) mass is 359 g/mol. The lowest BCUT2D eigenvalue weighted by atomic mass is 10.2. The number of carbonyl (C=O) groups is 1. The van der Waals surface area contributed by atoms with E-state index in [1.807, 2.05) is 6.92 Å². The van der Waals surface area contributed by atoms with Gasteiger partial charge in [-0.15, -0.1) is 0 Å². The second-order valence-corrected chi connectivity index (χ2v) is 8.38. The van der Waals surface area contributed by atoms with Gasteiger partial charge >= 0.3 is 6.09 Å². The van der Waals surface area contributed by atoms with Crippen LogP contribution in [0.25, 0.3) is 0 Å². The minimum absolute atomic E-state index is 0.0454. The van der Waals surface area contributed by atoms with E-state index < -0.39 is 34.1 Å². The Morgan fingerprint density at radius 1 is 1.21 bits per heavy atom. The molecule has 1 heterocycles. The van der Waals surface area contributed by atoms with Crippen molar-refractivity contribution in [2.24, 2.45) is 0 Å². The highest BCUT2D eigenvalue weighted by Crippen LogP contribution is 2.24. The fraction of sp³-hybridized carbons (Fsp3) is 0.562. The summed E-state index contributed by atoms with van der Waals surface area (Å²) in [7, 11) is -4.10. The molecule has 24 heavy (non-hydrogen) atoms. The number of aryl methyl sites for hydroxylation is 1. The van der Waals surface area contributed by atoms with Gasteiger partial charge in [-0.25, -0.2) is 9.18 Å². The number of likely N-dealkylation sites (tertiary alicyclic amines) is 1. The number of ether oxygens (including phenoxy) is 1. The van der Waals surface area contributed by atoms with Crippen molar-refractivity contribution in [3.05, 3.63) is 29.8 Å². The third-order valence-corrected chi connectivity index (χ3v) is 4.76. The molecule has 1 saturated heterocycles. The highest BCUT2D eigenvalue weighted by Gasteiger charge is 2.40. The minimum Gasteiger partial charge on any atom is -0.444 e. The van der Waals surface area contributed by atoms with Crippen LogP contribution in [-0.4, -0.2) is 50.4 Å². The van der Waals surface area contributed by atoms with Crippen molar-refractivity contribution >= 4 is 16.2 Å². The highest BCUT2D eigenvalue weighted by atomic mass is 32.2. The smallest absolute Gasteiger partial charge is 0.410 e. The van der Waals surface area contributed by atoms with Crippen LogP contribution in [0.2, 0.25) is 0 Å². The van der Waals surface area contributed by atoms with Gasteiger partial charge < -0.3 is 9.64 Å². The van der Waals surface area contributed by atoms with Gasteiger partial charge in [0.15, 0.2) is 0 Å². The Hall–Kier alpha value is -1.67. The zero-order valence-electron chi connectivity index (χ0n) is 14.2. The van der Waals surface area contributed by atoms with E-state index in [1.165, 1.54) is 12.1 Å². The molecule has 8 heteroatoms. The predicted octanol–water partition coefficient (Wildman–Crippen LogP) is 2.66. The molecule has 0 aromatic heterocycles. The predicted molar refractivity (Wildman–Crippen MR) is 85.9 cm³/mol. The Bertz CT molecular complexity index is 696. The molecular weight excluding hydrogens is 337 g/mol. The van der Waals surface area contributed by atoms with Crippen molar-refractivity contribution in [3.8, 4) is 0 Å². The number of hydrogen-bond donors (Lipinski definition) is 0. The van der Waals surface area contributed by atoms with Crippen LogP contribution in [-0.2, 0) is 19.0 Å². The quantitative estimate of drug-likeness (QED) is 0.776. The maximum absolute atomic E-state index is 14.1. The fourth-order valence-corrected chi connectivity index (χ4v) is 3.31. The summed E-state index contributed by atoms with van der Waals surface area (Å²) in [5.41, 5.74) is 0.185. The number of rotatable bonds is 3. The van der Waals surface area contributed by atoms with Gasteiger partial charge in [0.05, 0.1) is 18.0 Å². The summed E-state index contributed by atoms with van der Waals surface area (Å²) in [4.78, 5) is 13.0. The van der Waals surface area contributed by atoms with Crippen molar-refractivity contribution in [1.29, 1.82) is 0 Å². The molecule has 1 aromatic rings. The van der Waals surface area contributed by atoms with Crippen LogP contribution in [0.15, 0.2) is 29.2 Å². The Labute approximate surface area is 141 Å². The molecule has 0 aliphatic carbocycles. The molecule has 1 aliphatic heterocycles. The molecule has 1 amide bonds. The SMILES string of the molecule is Cc1ccc(S(=O)(=O)O[C@@H]2CN(C(=O)OC(C)(C)C)C[C@@H]2F)cc1. The van der Waals surface area contributed by atoms with E-state index in [0.29, 0.717) is 0 Å². The number of nitrogens with zero attached hydrogens (tertiary/aromatic N) is 1. The summed E-state index contributed by atoms with van der Waals surface area (Å²) in [5, 5.41) is 0. The number of benzene rings is 1. The molecule has 134 valence electrons. The first-order chi connectivity index (χ1) is 11.0. The molecule has 0 bridgehead atoms. The third-order valence-electron chi connectivity index (χ3n) is 3.41. The molecule has 0 N–H and O–H groups in total. The van der Waals surface area contributed by atoms with Crippen LogP contribution in [0.1, 0.15) is 26.3 Å². The van der Waals surface area contributed by atoms with Gasteiger partial charge in [0.25, 0.3) is 10.1 Å². The van der Waals surface area contributed by atoms with Crippen LogP contribution in [0.4, 0.5) is 9.18 Å². The average molecular weight is 359 g/mol. The van der Waals surface area contributed by atoms with E-state index >= 15 is 0 Å². The lowest BCUT2D eigenvalue weighted by Gasteiger charge is -2.24. The Morgan fingerprint density at radius 3 is 2.33 bits per heavy atom. The molecule has 2 rings (SSSR count). The summed E-state index contributed by atoms with van der Waals surface area (Å²) in [6, 6.07) is 6.06. The molecule has 0 saturated carbocycles. The van der Waals surface area contributed by atoms with Crippen LogP contribution in [0.5, 0.6) is 0 Å². The molecule has 0 unspecified atom stereocenters. The number of hydrogen-bond acceptors (Lipinski definition) is 5. The third kappa shape index (κ3) is 4.67. The van der Waals surface area contributed by atoms with Crippen molar-refractivity contribution in [2.75, 3.05) is 13.1 Å². The summed E-state index contributed by atoms with van der Waals surface area (Å²) < 4.78 is 48.7. The van der Waals surface area contributed by atoms with E-state index in [4.69, 9.17) is 8.92 Å². The van der Waals surface area contributed by atoms with Crippen molar-refractivity contribution in [2.45, 2.75) is 50.5 Å². The van der Waals surface area contributed by atoms with E-state index in [0.717, 1.165) is 10.5 Å². The second-order valence-electron chi connectivity index (χ2n) is 6.80. The Balaban J connectivity index is 2.05. The van der Waals surface area contributed by atoms with Gasteiger partial charge in [0, 0.05) is 0 Å². The largest absolute Gasteiger partial charge is 0.444 e. The lowest BCUT2D eigenvalue weighted by Crippen LogP contribution is -2.36. The molecule has 0 radical (unpaired) electrons. The van der Waals surface area contributed by atoms with Gasteiger partial charge in [0.1, 0.15) is 17.9 Å². The molecule has 1 aromatic carbocycles. The molecule has 6 nitrogen and oxygen atoms in total. The standard InChI is InChI=1S/C16H22FNO5S/c1-11-5-7-12(8-6-11)24(20,21)23-14-10-18(9-13(14)17)15(19)22-16(2,3)4/h5-8,13-14H,9-10H2,1-4H3/t13-,14+/m0/s1. The summed E-state index contributed by atoms with van der Waals surface area (Å²) in [5.74, 6) is 0. The van der Waals surface area contributed by atoms with E-state index in [2.05, 4.69) is 0 Å². The van der Waals surface area contributed by atoms with Crippen LogP contribution >= 0.6 is 0 Å². The van der Waals surface area contributed by atoms with Crippen molar-refractivity contribution < 1.29 is 26.5 Å². The van der Waals surface area contributed by atoms with Crippen molar-refractivity contribution in [1.82, 2.24) is 4.90 Å². The minimum atomic E-state index is -4.10. The Kier molecular flexibility index (Phi) is 5.19. The first kappa shape index (κ1) is 18.7. The van der Waals surface area contributed by atoms with E-state index in [-0.39, 0.29) is 18.0 Å². The lowest BCUT2D eigenvalue weighted by molar-refractivity contribution is 0.0274. The van der Waals surface area contributed by atoms with Crippen LogP contribution < -0.4 is 0 Å². The first-order valence-corrected chi connectivity index (χ1v) is 9.01. The first-order valence-electron chi connectivity index (χ1n) is 7.60. The van der Waals surface area contributed by atoms with Gasteiger partial charge in [-0.2, -0.15) is 8.42 Å². The van der Waals surface area contributed by atoms with Crippen molar-refractivity contribution in [3.63, 3.8) is 0 Å². The molecule has 1 aliphatic rings. The van der Waals surface area contributed by atoms with Gasteiger partial charge in [-0.05, 0) is 39.8 Å². The van der Waals surface area contributed by atoms with Gasteiger partial charge in [0.2, 0.25) is 0 Å². The second kappa shape index (κ2) is 6.68. The highest BCUT2D eigenvalue weighted by molar-refractivity contribution is 7.86. The van der Waals surface area contributed by atoms with Crippen LogP contribution in [0.3, 0.4) is 0 Å². The van der Waals surface area contributed by atoms with E-state index in [9.17, 15) is 17.6 Å². The summed E-state index contributed by atoms with van der Waals surface area (Å²) in [6.45, 7) is 6.48. The number of amides is 1. The van der Waals surface area contributed by atoms with Gasteiger partial charge in [-0.3, -0.25) is 4.18 Å². The summed E-state index contributed by atoms with van der Waals surface area (Å²) in [6.07, 6.45) is -3.54. The zero-order valence-corrected chi connectivity index (χ0v) is 15.0. The maximum atomic E-state index is 14.1. The average Bonchev–Trinajstić information content (AvgIpc) is 2.78. The topological polar surface area (TPSA) is 72.9 Å². The molecule has 2 atom stereocenters. The number of halogens is 1. The maximum Gasteiger partial charge on any atom is 0.410 e. The Morgan fingerprint density at radius 2 is 1.79 bits per heavy atom. The summed E-state index contributed by atoms with van der Waals surface area (Å²) >= 11 is 0. The van der Waals surface area contributed by atoms with Crippen LogP contribution in [0, 0.1) is 6.92 Å².